The normalized spacial score (nSPS) is 10.0. The molecule has 0 aliphatic heterocycles. The Hall–Kier alpha value is -2.24. The van der Waals surface area contributed by atoms with Crippen molar-refractivity contribution in [3.05, 3.63) is 52.5 Å². The molecule has 2 rings (SSSR count). The summed E-state index contributed by atoms with van der Waals surface area (Å²) in [6.45, 7) is 0. The fourth-order valence-corrected chi connectivity index (χ4v) is 2.15. The third-order valence-electron chi connectivity index (χ3n) is 2.88. The highest BCUT2D eigenvalue weighted by atomic mass is 35.5. The SMILES string of the molecule is COc1ccc(Cl)cc1NC(=O)CC(=O)Nc1ccc(Cl)cc1. The molecule has 2 aromatic rings. The summed E-state index contributed by atoms with van der Waals surface area (Å²) in [5.41, 5.74) is 0.969. The van der Waals surface area contributed by atoms with E-state index in [1.54, 1.807) is 42.5 Å². The molecule has 0 radical (unpaired) electrons. The van der Waals surface area contributed by atoms with E-state index in [2.05, 4.69) is 10.6 Å². The van der Waals surface area contributed by atoms with Gasteiger partial charge in [0.2, 0.25) is 11.8 Å². The quantitative estimate of drug-likeness (QED) is 0.800. The number of rotatable bonds is 5. The molecular weight excluding hydrogens is 339 g/mol. The highest BCUT2D eigenvalue weighted by Crippen LogP contribution is 2.27. The first-order valence-corrected chi connectivity index (χ1v) is 7.42. The summed E-state index contributed by atoms with van der Waals surface area (Å²) in [4.78, 5) is 23.8. The van der Waals surface area contributed by atoms with Crippen molar-refractivity contribution in [3.8, 4) is 5.75 Å². The fraction of sp³-hybridized carbons (Fsp3) is 0.125. The van der Waals surface area contributed by atoms with E-state index in [1.165, 1.54) is 7.11 Å². The minimum Gasteiger partial charge on any atom is -0.495 e. The Kier molecular flexibility index (Phi) is 5.84. The van der Waals surface area contributed by atoms with Crippen LogP contribution in [0, 0.1) is 0 Å². The maximum atomic E-state index is 12.0. The third-order valence-corrected chi connectivity index (χ3v) is 3.37. The average Bonchev–Trinajstić information content (AvgIpc) is 2.49. The molecule has 0 unspecified atom stereocenters. The summed E-state index contributed by atoms with van der Waals surface area (Å²) >= 11 is 11.7. The zero-order valence-corrected chi connectivity index (χ0v) is 13.7. The van der Waals surface area contributed by atoms with Gasteiger partial charge in [0.1, 0.15) is 12.2 Å². The van der Waals surface area contributed by atoms with Gasteiger partial charge in [-0.15, -0.1) is 0 Å². The first kappa shape index (κ1) is 17.1. The Bertz CT molecular complexity index is 718. The van der Waals surface area contributed by atoms with Gasteiger partial charge >= 0.3 is 0 Å². The Morgan fingerprint density at radius 2 is 1.57 bits per heavy atom. The lowest BCUT2D eigenvalue weighted by Gasteiger charge is -2.10. The Labute approximate surface area is 143 Å². The minimum absolute atomic E-state index is 0.335. The van der Waals surface area contributed by atoms with E-state index in [9.17, 15) is 9.59 Å². The van der Waals surface area contributed by atoms with Gasteiger partial charge in [0.25, 0.3) is 0 Å². The van der Waals surface area contributed by atoms with Gasteiger partial charge in [-0.1, -0.05) is 23.2 Å². The zero-order valence-electron chi connectivity index (χ0n) is 12.2. The Balaban J connectivity index is 1.95. The van der Waals surface area contributed by atoms with Crippen LogP contribution in [-0.2, 0) is 9.59 Å². The van der Waals surface area contributed by atoms with E-state index in [1.807, 2.05) is 0 Å². The number of methoxy groups -OCH3 is 1. The van der Waals surface area contributed by atoms with Crippen molar-refractivity contribution in [1.29, 1.82) is 0 Å². The van der Waals surface area contributed by atoms with Crippen LogP contribution in [0.3, 0.4) is 0 Å². The molecule has 0 spiro atoms. The van der Waals surface area contributed by atoms with Gasteiger partial charge in [-0.2, -0.15) is 0 Å². The van der Waals surface area contributed by atoms with Crippen LogP contribution >= 0.6 is 23.2 Å². The monoisotopic (exact) mass is 352 g/mol. The van der Waals surface area contributed by atoms with E-state index in [4.69, 9.17) is 27.9 Å². The number of amides is 2. The molecule has 0 heterocycles. The molecule has 2 N–H and O–H groups in total. The van der Waals surface area contributed by atoms with Crippen LogP contribution in [0.4, 0.5) is 11.4 Å². The number of nitrogens with one attached hydrogen (secondary N) is 2. The number of halogens is 2. The average molecular weight is 353 g/mol. The van der Waals surface area contributed by atoms with E-state index < -0.39 is 11.8 Å². The number of hydrogen-bond acceptors (Lipinski definition) is 3. The standard InChI is InChI=1S/C16H14Cl2N2O3/c1-23-14-7-4-11(18)8-13(14)20-16(22)9-15(21)19-12-5-2-10(17)3-6-12/h2-8H,9H2,1H3,(H,19,21)(H,20,22). The van der Waals surface area contributed by atoms with Gasteiger partial charge in [0.15, 0.2) is 0 Å². The second-order valence-electron chi connectivity index (χ2n) is 4.62. The third kappa shape index (κ3) is 5.16. The molecule has 0 fully saturated rings. The van der Waals surface area contributed by atoms with Gasteiger partial charge in [0.05, 0.1) is 12.8 Å². The van der Waals surface area contributed by atoms with Gasteiger partial charge in [-0.3, -0.25) is 9.59 Å². The van der Waals surface area contributed by atoms with Crippen molar-refractivity contribution in [2.75, 3.05) is 17.7 Å². The molecular formula is C16H14Cl2N2O3. The molecule has 2 aromatic carbocycles. The van der Waals surface area contributed by atoms with Crippen LogP contribution in [0.1, 0.15) is 6.42 Å². The number of carbonyl (C=O) groups is 2. The highest BCUT2D eigenvalue weighted by Gasteiger charge is 2.12. The molecule has 0 atom stereocenters. The Morgan fingerprint density at radius 3 is 2.22 bits per heavy atom. The van der Waals surface area contributed by atoms with Crippen LogP contribution < -0.4 is 15.4 Å². The lowest BCUT2D eigenvalue weighted by atomic mass is 10.2. The van der Waals surface area contributed by atoms with Gasteiger partial charge < -0.3 is 15.4 Å². The minimum atomic E-state index is -0.475. The summed E-state index contributed by atoms with van der Waals surface area (Å²) in [7, 11) is 1.48. The molecule has 0 saturated heterocycles. The molecule has 2 amide bonds. The van der Waals surface area contributed by atoms with Crippen molar-refractivity contribution in [2.45, 2.75) is 6.42 Å². The van der Waals surface area contributed by atoms with Crippen molar-refractivity contribution in [2.24, 2.45) is 0 Å². The smallest absolute Gasteiger partial charge is 0.233 e. The van der Waals surface area contributed by atoms with E-state index in [-0.39, 0.29) is 6.42 Å². The maximum Gasteiger partial charge on any atom is 0.233 e. The number of ether oxygens (including phenoxy) is 1. The van der Waals surface area contributed by atoms with E-state index >= 15 is 0 Å². The molecule has 0 aliphatic rings. The number of benzene rings is 2. The first-order chi connectivity index (χ1) is 11.0. The van der Waals surface area contributed by atoms with Crippen LogP contribution in [-0.4, -0.2) is 18.9 Å². The number of anilines is 2. The first-order valence-electron chi connectivity index (χ1n) is 6.67. The van der Waals surface area contributed by atoms with E-state index in [0.717, 1.165) is 0 Å². The van der Waals surface area contributed by atoms with Gasteiger partial charge in [-0.05, 0) is 42.5 Å². The summed E-state index contributed by atoms with van der Waals surface area (Å²) in [5.74, 6) is -0.455. The lowest BCUT2D eigenvalue weighted by molar-refractivity contribution is -0.123. The summed E-state index contributed by atoms with van der Waals surface area (Å²) in [6.07, 6.45) is -0.335. The summed E-state index contributed by atoms with van der Waals surface area (Å²) in [5, 5.41) is 6.22. The van der Waals surface area contributed by atoms with Crippen LogP contribution in [0.2, 0.25) is 10.0 Å². The molecule has 23 heavy (non-hydrogen) atoms. The second-order valence-corrected chi connectivity index (χ2v) is 5.50. The predicted octanol–water partition coefficient (Wildman–Crippen LogP) is 3.97. The largest absolute Gasteiger partial charge is 0.495 e. The van der Waals surface area contributed by atoms with Crippen LogP contribution in [0.15, 0.2) is 42.5 Å². The fourth-order valence-electron chi connectivity index (χ4n) is 1.86. The predicted molar refractivity (Wildman–Crippen MR) is 91.3 cm³/mol. The Morgan fingerprint density at radius 1 is 0.957 bits per heavy atom. The number of carbonyl (C=O) groups excluding carboxylic acids is 2. The molecule has 5 nitrogen and oxygen atoms in total. The van der Waals surface area contributed by atoms with E-state index in [0.29, 0.717) is 27.2 Å². The van der Waals surface area contributed by atoms with Crippen LogP contribution in [0.5, 0.6) is 5.75 Å². The zero-order chi connectivity index (χ0) is 16.8. The summed E-state index contributed by atoms with van der Waals surface area (Å²) in [6, 6.07) is 11.4. The topological polar surface area (TPSA) is 67.4 Å². The van der Waals surface area contributed by atoms with Gasteiger partial charge in [0, 0.05) is 15.7 Å². The van der Waals surface area contributed by atoms with Crippen molar-refractivity contribution >= 4 is 46.4 Å². The van der Waals surface area contributed by atoms with Crippen molar-refractivity contribution in [1.82, 2.24) is 0 Å². The lowest BCUT2D eigenvalue weighted by Crippen LogP contribution is -2.21. The maximum absolute atomic E-state index is 12.0. The molecule has 0 bridgehead atoms. The van der Waals surface area contributed by atoms with Gasteiger partial charge in [-0.25, -0.2) is 0 Å². The molecule has 0 aliphatic carbocycles. The number of hydrogen-bond donors (Lipinski definition) is 2. The van der Waals surface area contributed by atoms with Crippen LogP contribution in [0.25, 0.3) is 0 Å². The summed E-state index contributed by atoms with van der Waals surface area (Å²) < 4.78 is 5.13. The molecule has 7 heteroatoms. The molecule has 0 saturated carbocycles. The molecule has 0 aromatic heterocycles. The molecule has 120 valence electrons. The highest BCUT2D eigenvalue weighted by molar-refractivity contribution is 6.31. The van der Waals surface area contributed by atoms with Crippen molar-refractivity contribution < 1.29 is 14.3 Å². The van der Waals surface area contributed by atoms with Crippen molar-refractivity contribution in [3.63, 3.8) is 0 Å². The second kappa shape index (κ2) is 7.85.